The van der Waals surface area contributed by atoms with Crippen molar-refractivity contribution in [1.82, 2.24) is 0 Å². The Morgan fingerprint density at radius 3 is 2.56 bits per heavy atom. The molecule has 1 rings (SSSR count). The summed E-state index contributed by atoms with van der Waals surface area (Å²) in [5, 5.41) is 2.67. The van der Waals surface area contributed by atoms with Gasteiger partial charge in [0.05, 0.1) is 14.2 Å². The fraction of sp³-hybridized carbons (Fsp3) is 0.231. The van der Waals surface area contributed by atoms with E-state index in [9.17, 15) is 9.59 Å². The first-order valence-corrected chi connectivity index (χ1v) is 5.28. The summed E-state index contributed by atoms with van der Waals surface area (Å²) < 4.78 is 9.59. The Kier molecular flexibility index (Phi) is 4.92. The summed E-state index contributed by atoms with van der Waals surface area (Å²) in [5.74, 6) is -0.0203. The van der Waals surface area contributed by atoms with Crippen LogP contribution in [0, 0.1) is 0 Å². The molecule has 5 heteroatoms. The second-order valence-electron chi connectivity index (χ2n) is 3.49. The highest BCUT2D eigenvalue weighted by Crippen LogP contribution is 2.23. The molecule has 0 aliphatic rings. The van der Waals surface area contributed by atoms with E-state index in [1.807, 2.05) is 0 Å². The van der Waals surface area contributed by atoms with E-state index in [1.54, 1.807) is 31.4 Å². The number of nitrogens with one attached hydrogen (secondary N) is 1. The molecule has 0 saturated heterocycles. The van der Waals surface area contributed by atoms with Gasteiger partial charge in [0.1, 0.15) is 5.75 Å². The lowest BCUT2D eigenvalue weighted by atomic mass is 10.1. The fourth-order valence-electron chi connectivity index (χ4n) is 1.34. The molecule has 0 bridgehead atoms. The Morgan fingerprint density at radius 1 is 1.28 bits per heavy atom. The van der Waals surface area contributed by atoms with Gasteiger partial charge in [0.15, 0.2) is 0 Å². The topological polar surface area (TPSA) is 64.6 Å². The number of hydrogen-bond acceptors (Lipinski definition) is 4. The molecule has 1 N–H and O–H groups in total. The van der Waals surface area contributed by atoms with Gasteiger partial charge in [0, 0.05) is 24.3 Å². The van der Waals surface area contributed by atoms with Gasteiger partial charge in [-0.2, -0.15) is 0 Å². The largest absolute Gasteiger partial charge is 0.497 e. The maximum absolute atomic E-state index is 11.1. The van der Waals surface area contributed by atoms with Crippen LogP contribution >= 0.6 is 0 Å². The number of esters is 1. The third-order valence-electron chi connectivity index (χ3n) is 2.17. The number of benzene rings is 1. The summed E-state index contributed by atoms with van der Waals surface area (Å²) >= 11 is 0. The zero-order chi connectivity index (χ0) is 13.5. The Morgan fingerprint density at radius 2 is 2.00 bits per heavy atom. The van der Waals surface area contributed by atoms with Crippen LogP contribution in [0.4, 0.5) is 5.69 Å². The number of anilines is 1. The molecule has 18 heavy (non-hydrogen) atoms. The molecular weight excluding hydrogens is 234 g/mol. The molecular formula is C13H15NO4. The van der Waals surface area contributed by atoms with Crippen LogP contribution in [0.1, 0.15) is 12.5 Å². The number of ether oxygens (including phenoxy) is 2. The molecule has 0 radical (unpaired) electrons. The van der Waals surface area contributed by atoms with Crippen LogP contribution in [-0.4, -0.2) is 26.1 Å². The predicted octanol–water partition coefficient (Wildman–Crippen LogP) is 1.84. The molecule has 0 spiro atoms. The lowest BCUT2D eigenvalue weighted by molar-refractivity contribution is -0.134. The summed E-state index contributed by atoms with van der Waals surface area (Å²) in [7, 11) is 2.84. The molecule has 0 aliphatic carbocycles. The molecule has 1 aromatic rings. The van der Waals surface area contributed by atoms with Crippen molar-refractivity contribution in [2.24, 2.45) is 0 Å². The van der Waals surface area contributed by atoms with Crippen LogP contribution in [-0.2, 0) is 14.3 Å². The first-order valence-electron chi connectivity index (χ1n) is 5.28. The van der Waals surface area contributed by atoms with E-state index < -0.39 is 5.97 Å². The first-order chi connectivity index (χ1) is 8.56. The lowest BCUT2D eigenvalue weighted by Crippen LogP contribution is -2.07. The van der Waals surface area contributed by atoms with Gasteiger partial charge < -0.3 is 14.8 Å². The molecule has 0 unspecified atom stereocenters. The third-order valence-corrected chi connectivity index (χ3v) is 2.17. The molecule has 1 aromatic carbocycles. The van der Waals surface area contributed by atoms with Crippen LogP contribution in [0.2, 0.25) is 0 Å². The van der Waals surface area contributed by atoms with Gasteiger partial charge in [-0.3, -0.25) is 4.79 Å². The van der Waals surface area contributed by atoms with E-state index in [0.717, 1.165) is 0 Å². The van der Waals surface area contributed by atoms with Crippen molar-refractivity contribution in [3.8, 4) is 5.75 Å². The first kappa shape index (κ1) is 13.8. The van der Waals surface area contributed by atoms with Crippen LogP contribution in [0.3, 0.4) is 0 Å². The van der Waals surface area contributed by atoms with Gasteiger partial charge >= 0.3 is 5.97 Å². The van der Waals surface area contributed by atoms with E-state index in [4.69, 9.17) is 4.74 Å². The number of amides is 1. The SMILES string of the molecule is COC(=O)/C=C/c1cc(OC)ccc1NC(C)=O. The standard InChI is InChI=1S/C13H15NO4/c1-9(15)14-12-6-5-11(17-2)8-10(12)4-7-13(16)18-3/h4-8H,1-3H3,(H,14,15)/b7-4+. The molecule has 0 heterocycles. The molecule has 5 nitrogen and oxygen atoms in total. The summed E-state index contributed by atoms with van der Waals surface area (Å²) in [4.78, 5) is 22.1. The van der Waals surface area contributed by atoms with Crippen molar-refractivity contribution in [3.63, 3.8) is 0 Å². The zero-order valence-corrected chi connectivity index (χ0v) is 10.5. The summed E-state index contributed by atoms with van der Waals surface area (Å²) in [5.41, 5.74) is 1.26. The monoisotopic (exact) mass is 249 g/mol. The van der Waals surface area contributed by atoms with E-state index in [2.05, 4.69) is 10.1 Å². The van der Waals surface area contributed by atoms with Crippen LogP contribution in [0.5, 0.6) is 5.75 Å². The molecule has 0 aromatic heterocycles. The van der Waals surface area contributed by atoms with Gasteiger partial charge in [0.25, 0.3) is 0 Å². The van der Waals surface area contributed by atoms with Crippen LogP contribution < -0.4 is 10.1 Å². The van der Waals surface area contributed by atoms with Crippen molar-refractivity contribution >= 4 is 23.6 Å². The number of hydrogen-bond donors (Lipinski definition) is 1. The summed E-state index contributed by atoms with van der Waals surface area (Å²) in [6.07, 6.45) is 2.83. The third kappa shape index (κ3) is 3.93. The van der Waals surface area contributed by atoms with E-state index in [0.29, 0.717) is 17.0 Å². The fourth-order valence-corrected chi connectivity index (χ4v) is 1.34. The van der Waals surface area contributed by atoms with E-state index in [1.165, 1.54) is 20.1 Å². The van der Waals surface area contributed by atoms with Gasteiger partial charge in [-0.25, -0.2) is 4.79 Å². The van der Waals surface area contributed by atoms with Crippen molar-refractivity contribution in [3.05, 3.63) is 29.8 Å². The molecule has 96 valence electrons. The van der Waals surface area contributed by atoms with Crippen molar-refractivity contribution in [2.75, 3.05) is 19.5 Å². The minimum Gasteiger partial charge on any atom is -0.497 e. The number of rotatable bonds is 4. The van der Waals surface area contributed by atoms with Crippen molar-refractivity contribution < 1.29 is 19.1 Å². The molecule has 0 atom stereocenters. The summed E-state index contributed by atoms with van der Waals surface area (Å²) in [6.45, 7) is 1.41. The smallest absolute Gasteiger partial charge is 0.330 e. The van der Waals surface area contributed by atoms with Crippen LogP contribution in [0.15, 0.2) is 24.3 Å². The Bertz CT molecular complexity index is 480. The second-order valence-corrected chi connectivity index (χ2v) is 3.49. The Hall–Kier alpha value is -2.30. The predicted molar refractivity (Wildman–Crippen MR) is 68.3 cm³/mol. The zero-order valence-electron chi connectivity index (χ0n) is 10.5. The van der Waals surface area contributed by atoms with E-state index in [-0.39, 0.29) is 5.91 Å². The van der Waals surface area contributed by atoms with Gasteiger partial charge in [-0.1, -0.05) is 0 Å². The number of carbonyl (C=O) groups excluding carboxylic acids is 2. The molecule has 0 fully saturated rings. The minimum absolute atomic E-state index is 0.187. The average Bonchev–Trinajstić information content (AvgIpc) is 2.36. The Labute approximate surface area is 105 Å². The highest BCUT2D eigenvalue weighted by Gasteiger charge is 2.04. The van der Waals surface area contributed by atoms with Gasteiger partial charge in [-0.05, 0) is 24.3 Å². The van der Waals surface area contributed by atoms with E-state index >= 15 is 0 Å². The quantitative estimate of drug-likeness (QED) is 0.653. The summed E-state index contributed by atoms with van der Waals surface area (Å²) in [6, 6.07) is 5.14. The van der Waals surface area contributed by atoms with Crippen LogP contribution in [0.25, 0.3) is 6.08 Å². The number of carbonyl (C=O) groups is 2. The molecule has 1 amide bonds. The van der Waals surface area contributed by atoms with Gasteiger partial charge in [0.2, 0.25) is 5.91 Å². The van der Waals surface area contributed by atoms with Crippen molar-refractivity contribution in [2.45, 2.75) is 6.92 Å². The second kappa shape index (κ2) is 6.44. The minimum atomic E-state index is -0.466. The maximum atomic E-state index is 11.1. The highest BCUT2D eigenvalue weighted by atomic mass is 16.5. The average molecular weight is 249 g/mol. The Balaban J connectivity index is 3.07. The molecule has 0 aliphatic heterocycles. The highest BCUT2D eigenvalue weighted by molar-refractivity contribution is 5.93. The van der Waals surface area contributed by atoms with Gasteiger partial charge in [-0.15, -0.1) is 0 Å². The molecule has 0 saturated carbocycles. The number of methoxy groups -OCH3 is 2. The van der Waals surface area contributed by atoms with Crippen molar-refractivity contribution in [1.29, 1.82) is 0 Å². The lowest BCUT2D eigenvalue weighted by Gasteiger charge is -2.08. The maximum Gasteiger partial charge on any atom is 0.330 e. The normalized spacial score (nSPS) is 10.2.